The molecule has 0 saturated heterocycles. The smallest absolute Gasteiger partial charge is 0.255 e. The second-order valence-corrected chi connectivity index (χ2v) is 5.92. The molecule has 4 nitrogen and oxygen atoms in total. The summed E-state index contributed by atoms with van der Waals surface area (Å²) in [7, 11) is 0. The van der Waals surface area contributed by atoms with Gasteiger partial charge in [-0.15, -0.1) is 0 Å². The molecule has 0 radical (unpaired) electrons. The van der Waals surface area contributed by atoms with Crippen LogP contribution in [0, 0.1) is 0 Å². The van der Waals surface area contributed by atoms with Crippen molar-refractivity contribution in [2.24, 2.45) is 0 Å². The Bertz CT molecular complexity index is 677. The van der Waals surface area contributed by atoms with E-state index in [0.717, 1.165) is 22.2 Å². The third kappa shape index (κ3) is 2.55. The van der Waals surface area contributed by atoms with E-state index in [-0.39, 0.29) is 5.91 Å². The predicted octanol–water partition coefficient (Wildman–Crippen LogP) is 3.09. The van der Waals surface area contributed by atoms with Crippen LogP contribution in [0.1, 0.15) is 21.6 Å². The highest BCUT2D eigenvalue weighted by atomic mass is 79.9. The first-order valence-corrected chi connectivity index (χ1v) is 7.34. The summed E-state index contributed by atoms with van der Waals surface area (Å²) < 4.78 is 0.839. The second-order valence-electron chi connectivity index (χ2n) is 4.60. The minimum absolute atomic E-state index is 0.0641. The molecule has 0 fully saturated rings. The lowest BCUT2D eigenvalue weighted by Gasteiger charge is -2.28. The molecule has 2 heterocycles. The zero-order chi connectivity index (χ0) is 14.1. The van der Waals surface area contributed by atoms with Crippen LogP contribution in [0.2, 0.25) is 5.02 Å². The number of hydrogen-bond acceptors (Lipinski definition) is 3. The fourth-order valence-corrected chi connectivity index (χ4v) is 2.83. The lowest BCUT2D eigenvalue weighted by Crippen LogP contribution is -2.36. The third-order valence-corrected chi connectivity index (χ3v) is 4.13. The zero-order valence-electron chi connectivity index (χ0n) is 10.5. The Kier molecular flexibility index (Phi) is 3.72. The molecule has 102 valence electrons. The van der Waals surface area contributed by atoms with E-state index >= 15 is 0 Å². The number of carbonyl (C=O) groups is 1. The number of fused-ring (bicyclic) bond motifs is 1. The summed E-state index contributed by atoms with van der Waals surface area (Å²) >= 11 is 9.48. The van der Waals surface area contributed by atoms with Gasteiger partial charge in [0.05, 0.1) is 16.3 Å². The fraction of sp³-hybridized carbons (Fsp3) is 0.214. The van der Waals surface area contributed by atoms with Gasteiger partial charge in [-0.2, -0.15) is 0 Å². The van der Waals surface area contributed by atoms with Crippen molar-refractivity contribution >= 4 is 33.4 Å². The van der Waals surface area contributed by atoms with Crippen LogP contribution in [0.15, 0.2) is 35.2 Å². The molecule has 0 aliphatic carbocycles. The first-order chi connectivity index (χ1) is 9.65. The van der Waals surface area contributed by atoms with E-state index < -0.39 is 0 Å². The predicted molar refractivity (Wildman–Crippen MR) is 79.6 cm³/mol. The van der Waals surface area contributed by atoms with E-state index in [1.165, 1.54) is 0 Å². The van der Waals surface area contributed by atoms with Crippen molar-refractivity contribution in [2.45, 2.75) is 13.0 Å². The topological polar surface area (TPSA) is 46.1 Å². The molecular formula is C14H11BrClN3O. The molecule has 1 aromatic carbocycles. The Morgan fingerprint density at radius 1 is 1.40 bits per heavy atom. The summed E-state index contributed by atoms with van der Waals surface area (Å²) in [5.41, 5.74) is 2.53. The normalized spacial score (nSPS) is 14.0. The Labute approximate surface area is 129 Å². The van der Waals surface area contributed by atoms with Gasteiger partial charge < -0.3 is 4.90 Å². The van der Waals surface area contributed by atoms with Crippen LogP contribution >= 0.6 is 27.5 Å². The first kappa shape index (κ1) is 13.5. The molecule has 0 saturated carbocycles. The first-order valence-electron chi connectivity index (χ1n) is 6.17. The number of halogens is 2. The third-order valence-electron chi connectivity index (χ3n) is 3.31. The maximum absolute atomic E-state index is 12.6. The van der Waals surface area contributed by atoms with E-state index in [2.05, 4.69) is 25.9 Å². The molecule has 0 spiro atoms. The Hall–Kier alpha value is -1.46. The summed E-state index contributed by atoms with van der Waals surface area (Å²) in [6.07, 6.45) is 4.06. The molecule has 1 aromatic heterocycles. The van der Waals surface area contributed by atoms with Gasteiger partial charge in [-0.25, -0.2) is 9.97 Å². The van der Waals surface area contributed by atoms with Gasteiger partial charge in [-0.05, 0) is 18.2 Å². The van der Waals surface area contributed by atoms with Crippen LogP contribution in [0.5, 0.6) is 0 Å². The van der Waals surface area contributed by atoms with Crippen LogP contribution < -0.4 is 0 Å². The molecule has 1 amide bonds. The minimum Gasteiger partial charge on any atom is -0.334 e. The van der Waals surface area contributed by atoms with E-state index in [4.69, 9.17) is 11.6 Å². The van der Waals surface area contributed by atoms with Gasteiger partial charge in [0, 0.05) is 35.7 Å². The summed E-state index contributed by atoms with van der Waals surface area (Å²) in [5, 5.41) is 0.466. The lowest BCUT2D eigenvalue weighted by molar-refractivity contribution is 0.0733. The number of carbonyl (C=O) groups excluding carboxylic acids is 1. The maximum atomic E-state index is 12.6. The number of hydrogen-bond donors (Lipinski definition) is 0. The fourth-order valence-electron chi connectivity index (χ4n) is 2.27. The van der Waals surface area contributed by atoms with Crippen LogP contribution in [-0.2, 0) is 13.0 Å². The van der Waals surface area contributed by atoms with Crippen LogP contribution in [0.3, 0.4) is 0 Å². The summed E-state index contributed by atoms with van der Waals surface area (Å²) in [5.74, 6) is -0.0641. The molecule has 6 heteroatoms. The van der Waals surface area contributed by atoms with Crippen molar-refractivity contribution in [1.29, 1.82) is 0 Å². The highest BCUT2D eigenvalue weighted by Gasteiger charge is 2.24. The number of amides is 1. The zero-order valence-corrected chi connectivity index (χ0v) is 12.9. The largest absolute Gasteiger partial charge is 0.334 e. The van der Waals surface area contributed by atoms with Crippen LogP contribution in [0.4, 0.5) is 0 Å². The van der Waals surface area contributed by atoms with Gasteiger partial charge >= 0.3 is 0 Å². The van der Waals surface area contributed by atoms with Gasteiger partial charge in [0.15, 0.2) is 0 Å². The van der Waals surface area contributed by atoms with E-state index in [0.29, 0.717) is 23.7 Å². The van der Waals surface area contributed by atoms with Crippen molar-refractivity contribution in [2.75, 3.05) is 6.54 Å². The molecule has 0 N–H and O–H groups in total. The molecule has 2 aromatic rings. The second kappa shape index (κ2) is 5.50. The average Bonchev–Trinajstić information content (AvgIpc) is 2.48. The number of nitrogens with zero attached hydrogens (tertiary/aromatic N) is 3. The standard InChI is InChI=1S/C14H11BrClN3O/c15-10-1-2-12(16)11(5-10)14(20)19-4-3-13-9(7-19)6-17-8-18-13/h1-2,5-6,8H,3-4,7H2. The van der Waals surface area contributed by atoms with Gasteiger partial charge in [-0.3, -0.25) is 4.79 Å². The molecule has 20 heavy (non-hydrogen) atoms. The molecule has 1 aliphatic heterocycles. The lowest BCUT2D eigenvalue weighted by atomic mass is 10.1. The number of aromatic nitrogens is 2. The van der Waals surface area contributed by atoms with Crippen LogP contribution in [0.25, 0.3) is 0 Å². The highest BCUT2D eigenvalue weighted by molar-refractivity contribution is 9.10. The van der Waals surface area contributed by atoms with E-state index in [9.17, 15) is 4.79 Å². The number of benzene rings is 1. The molecule has 0 bridgehead atoms. The Morgan fingerprint density at radius 2 is 2.25 bits per heavy atom. The quantitative estimate of drug-likeness (QED) is 0.792. The Morgan fingerprint density at radius 3 is 3.10 bits per heavy atom. The average molecular weight is 353 g/mol. The van der Waals surface area contributed by atoms with Crippen molar-refractivity contribution in [3.8, 4) is 0 Å². The maximum Gasteiger partial charge on any atom is 0.255 e. The van der Waals surface area contributed by atoms with E-state index in [1.807, 2.05) is 6.07 Å². The Balaban J connectivity index is 1.88. The van der Waals surface area contributed by atoms with Crippen molar-refractivity contribution in [1.82, 2.24) is 14.9 Å². The number of rotatable bonds is 1. The molecule has 3 rings (SSSR count). The SMILES string of the molecule is O=C(c1cc(Br)ccc1Cl)N1CCc2ncncc2C1. The summed E-state index contributed by atoms with van der Waals surface area (Å²) in [4.78, 5) is 22.6. The van der Waals surface area contributed by atoms with Gasteiger partial charge in [0.1, 0.15) is 6.33 Å². The van der Waals surface area contributed by atoms with Crippen molar-refractivity contribution < 1.29 is 4.79 Å². The molecular weight excluding hydrogens is 342 g/mol. The molecule has 0 unspecified atom stereocenters. The summed E-state index contributed by atoms with van der Waals surface area (Å²) in [6.45, 7) is 1.17. The van der Waals surface area contributed by atoms with Gasteiger partial charge in [-0.1, -0.05) is 27.5 Å². The monoisotopic (exact) mass is 351 g/mol. The van der Waals surface area contributed by atoms with Crippen LogP contribution in [-0.4, -0.2) is 27.3 Å². The highest BCUT2D eigenvalue weighted by Crippen LogP contribution is 2.24. The van der Waals surface area contributed by atoms with Gasteiger partial charge in [0.25, 0.3) is 5.91 Å². The molecule has 1 aliphatic rings. The van der Waals surface area contributed by atoms with Crippen molar-refractivity contribution in [3.05, 3.63) is 57.0 Å². The minimum atomic E-state index is -0.0641. The summed E-state index contributed by atoms with van der Waals surface area (Å²) in [6, 6.07) is 5.29. The molecule has 0 atom stereocenters. The van der Waals surface area contributed by atoms with Crippen molar-refractivity contribution in [3.63, 3.8) is 0 Å². The van der Waals surface area contributed by atoms with Gasteiger partial charge in [0.2, 0.25) is 0 Å². The van der Waals surface area contributed by atoms with E-state index in [1.54, 1.807) is 29.6 Å².